The first-order chi connectivity index (χ1) is 5.00. The summed E-state index contributed by atoms with van der Waals surface area (Å²) < 4.78 is 0. The molecule has 0 fully saturated rings. The second-order valence-corrected chi connectivity index (χ2v) is 4.62. The van der Waals surface area contributed by atoms with Crippen molar-refractivity contribution >= 4 is 0 Å². The van der Waals surface area contributed by atoms with Crippen LogP contribution in [0.2, 0.25) is 0 Å². The van der Waals surface area contributed by atoms with E-state index < -0.39 is 0 Å². The largest absolute Gasteiger partial charge is 0.0856 e. The van der Waals surface area contributed by atoms with E-state index in [0.29, 0.717) is 5.41 Å². The molecule has 0 atom stereocenters. The fourth-order valence-electron chi connectivity index (χ4n) is 1.63. The molecule has 1 radical (unpaired) electrons. The highest BCUT2D eigenvalue weighted by Gasteiger charge is 2.26. The van der Waals surface area contributed by atoms with Crippen LogP contribution in [0.4, 0.5) is 0 Å². The maximum Gasteiger partial charge on any atom is -0.0144 e. The Morgan fingerprint density at radius 2 is 1.91 bits per heavy atom. The van der Waals surface area contributed by atoms with Crippen molar-refractivity contribution in [2.75, 3.05) is 0 Å². The molecule has 0 aromatic carbocycles. The molecule has 1 rings (SSSR count). The molecule has 0 aromatic heterocycles. The lowest BCUT2D eigenvalue weighted by Crippen LogP contribution is -2.20. The van der Waals surface area contributed by atoms with Gasteiger partial charge in [0.2, 0.25) is 0 Å². The molecule has 0 heteroatoms. The lowest BCUT2D eigenvalue weighted by Gasteiger charge is -2.32. The van der Waals surface area contributed by atoms with E-state index in [0.717, 1.165) is 0 Å². The minimum Gasteiger partial charge on any atom is -0.0856 e. The third-order valence-electron chi connectivity index (χ3n) is 2.49. The summed E-state index contributed by atoms with van der Waals surface area (Å²) in [5.74, 6) is 1.72. The minimum atomic E-state index is 0.426. The second kappa shape index (κ2) is 3.00. The van der Waals surface area contributed by atoms with Gasteiger partial charge in [-0.2, -0.15) is 0 Å². The number of hydrogen-bond acceptors (Lipinski definition) is 0. The van der Waals surface area contributed by atoms with E-state index in [1.165, 1.54) is 19.3 Å². The van der Waals surface area contributed by atoms with Gasteiger partial charge in [0.15, 0.2) is 0 Å². The van der Waals surface area contributed by atoms with Crippen LogP contribution in [0, 0.1) is 11.3 Å². The van der Waals surface area contributed by atoms with Crippen molar-refractivity contribution in [3.05, 3.63) is 17.6 Å². The van der Waals surface area contributed by atoms with E-state index in [4.69, 9.17) is 0 Å². The van der Waals surface area contributed by atoms with Crippen molar-refractivity contribution in [2.24, 2.45) is 5.41 Å². The fourth-order valence-corrected chi connectivity index (χ4v) is 1.63. The molecule has 1 aliphatic carbocycles. The summed E-state index contributed by atoms with van der Waals surface area (Å²) in [5.41, 5.74) is 1.98. The smallest absolute Gasteiger partial charge is 0.0144 e. The normalized spacial score (nSPS) is 21.6. The van der Waals surface area contributed by atoms with Crippen molar-refractivity contribution in [3.8, 4) is 0 Å². The van der Waals surface area contributed by atoms with Gasteiger partial charge in [0.05, 0.1) is 0 Å². The summed E-state index contributed by atoms with van der Waals surface area (Å²) in [7, 11) is 0. The molecule has 0 heterocycles. The van der Waals surface area contributed by atoms with Gasteiger partial charge in [0.1, 0.15) is 0 Å². The predicted molar refractivity (Wildman–Crippen MR) is 50.3 cm³/mol. The Morgan fingerprint density at radius 1 is 1.27 bits per heavy atom. The molecule has 0 N–H and O–H groups in total. The van der Waals surface area contributed by atoms with Gasteiger partial charge in [-0.25, -0.2) is 0 Å². The van der Waals surface area contributed by atoms with Crippen LogP contribution in [-0.2, 0) is 0 Å². The summed E-state index contributed by atoms with van der Waals surface area (Å²) in [6.45, 7) is 9.20. The molecule has 11 heavy (non-hydrogen) atoms. The van der Waals surface area contributed by atoms with Gasteiger partial charge in [-0.15, -0.1) is 0 Å². The van der Waals surface area contributed by atoms with Gasteiger partial charge in [-0.3, -0.25) is 0 Å². The molecule has 0 unspecified atom stereocenters. The first-order valence-electron chi connectivity index (χ1n) is 4.51. The van der Waals surface area contributed by atoms with Crippen molar-refractivity contribution in [2.45, 2.75) is 47.0 Å². The van der Waals surface area contributed by atoms with Crippen molar-refractivity contribution in [1.29, 1.82) is 0 Å². The van der Waals surface area contributed by atoms with Crippen LogP contribution in [0.5, 0.6) is 0 Å². The maximum atomic E-state index is 2.37. The molecule has 0 aliphatic heterocycles. The van der Waals surface area contributed by atoms with E-state index in [2.05, 4.69) is 33.8 Å². The quantitative estimate of drug-likeness (QED) is 0.463. The van der Waals surface area contributed by atoms with E-state index >= 15 is 0 Å². The van der Waals surface area contributed by atoms with E-state index in [1.807, 2.05) is 0 Å². The predicted octanol–water partition coefficient (Wildman–Crippen LogP) is 3.74. The van der Waals surface area contributed by atoms with E-state index in [-0.39, 0.29) is 0 Å². The van der Waals surface area contributed by atoms with E-state index in [9.17, 15) is 0 Å². The lowest BCUT2D eigenvalue weighted by molar-refractivity contribution is 0.388. The Kier molecular flexibility index (Phi) is 2.41. The maximum absolute atomic E-state index is 2.37. The third kappa shape index (κ3) is 2.36. The van der Waals surface area contributed by atoms with Crippen LogP contribution in [0.15, 0.2) is 11.6 Å². The van der Waals surface area contributed by atoms with Crippen LogP contribution in [0.25, 0.3) is 0 Å². The molecule has 0 aromatic rings. The van der Waals surface area contributed by atoms with Crippen LogP contribution in [0.3, 0.4) is 0 Å². The van der Waals surface area contributed by atoms with Crippen molar-refractivity contribution < 1.29 is 0 Å². The van der Waals surface area contributed by atoms with Gasteiger partial charge in [-0.1, -0.05) is 32.4 Å². The zero-order valence-electron chi connectivity index (χ0n) is 8.20. The third-order valence-corrected chi connectivity index (χ3v) is 2.49. The summed E-state index contributed by atoms with van der Waals surface area (Å²) >= 11 is 0. The highest BCUT2D eigenvalue weighted by atomic mass is 14.3. The molecule has 0 bridgehead atoms. The molecule has 0 spiro atoms. The number of hydrogen-bond donors (Lipinski definition) is 0. The number of rotatable bonds is 0. The molecule has 0 saturated heterocycles. The summed E-state index contributed by atoms with van der Waals surface area (Å²) in [6.07, 6.45) is 6.18. The first kappa shape index (κ1) is 8.83. The highest BCUT2D eigenvalue weighted by molar-refractivity contribution is 5.17. The second-order valence-electron chi connectivity index (χ2n) is 4.62. The topological polar surface area (TPSA) is 0 Å². The van der Waals surface area contributed by atoms with Crippen LogP contribution < -0.4 is 0 Å². The molecule has 63 valence electrons. The molecular formula is C11H19. The zero-order valence-corrected chi connectivity index (χ0v) is 8.20. The zero-order chi connectivity index (χ0) is 8.48. The molecular weight excluding hydrogens is 132 g/mol. The van der Waals surface area contributed by atoms with Gasteiger partial charge < -0.3 is 0 Å². The van der Waals surface area contributed by atoms with Gasteiger partial charge in [0.25, 0.3) is 0 Å². The lowest BCUT2D eigenvalue weighted by atomic mass is 9.73. The summed E-state index contributed by atoms with van der Waals surface area (Å²) in [6, 6.07) is 0. The SMILES string of the molecule is CC1=CCC[C](C(C)(C)C)C1. The van der Waals surface area contributed by atoms with E-state index in [1.54, 1.807) is 11.5 Å². The van der Waals surface area contributed by atoms with Crippen LogP contribution in [-0.4, -0.2) is 0 Å². The Balaban J connectivity index is 2.58. The molecule has 0 saturated carbocycles. The van der Waals surface area contributed by atoms with Gasteiger partial charge in [0, 0.05) is 0 Å². The average molecular weight is 151 g/mol. The Bertz CT molecular complexity index is 157. The van der Waals surface area contributed by atoms with Crippen molar-refractivity contribution in [1.82, 2.24) is 0 Å². The van der Waals surface area contributed by atoms with Gasteiger partial charge in [-0.05, 0) is 37.5 Å². The summed E-state index contributed by atoms with van der Waals surface area (Å²) in [4.78, 5) is 0. The Morgan fingerprint density at radius 3 is 2.27 bits per heavy atom. The minimum absolute atomic E-state index is 0.426. The van der Waals surface area contributed by atoms with Crippen LogP contribution in [0.1, 0.15) is 47.0 Å². The monoisotopic (exact) mass is 151 g/mol. The highest BCUT2D eigenvalue weighted by Crippen LogP contribution is 2.39. The molecule has 0 amide bonds. The average Bonchev–Trinajstić information content (AvgIpc) is 1.86. The first-order valence-corrected chi connectivity index (χ1v) is 4.51. The Labute approximate surface area is 70.7 Å². The van der Waals surface area contributed by atoms with Crippen molar-refractivity contribution in [3.63, 3.8) is 0 Å². The van der Waals surface area contributed by atoms with Gasteiger partial charge >= 0.3 is 0 Å². The molecule has 0 nitrogen and oxygen atoms in total. The molecule has 1 aliphatic rings. The summed E-state index contributed by atoms with van der Waals surface area (Å²) in [5, 5.41) is 0. The fraction of sp³-hybridized carbons (Fsp3) is 0.727. The number of allylic oxidation sites excluding steroid dienone is 2. The van der Waals surface area contributed by atoms with Crippen LogP contribution >= 0.6 is 0 Å². The Hall–Kier alpha value is -0.260. The standard InChI is InChI=1S/C11H19/c1-9-6-5-7-10(8-9)11(2,3)4/h6H,5,7-8H2,1-4H3.